The number of rotatable bonds is 5. The first kappa shape index (κ1) is 13.0. The number of hydrogen-bond acceptors (Lipinski definition) is 4. The van der Waals surface area contributed by atoms with Gasteiger partial charge in [-0.25, -0.2) is 0 Å². The molecule has 0 atom stereocenters. The Balaban J connectivity index is 2.84. The van der Waals surface area contributed by atoms with Gasteiger partial charge in [-0.1, -0.05) is 6.07 Å². The zero-order chi connectivity index (χ0) is 12.8. The third kappa shape index (κ3) is 4.14. The fourth-order valence-corrected chi connectivity index (χ4v) is 1.36. The molecular formula is C12H14O5. The fraction of sp³-hybridized carbons (Fsp3) is 0.333. The molecule has 92 valence electrons. The van der Waals surface area contributed by atoms with Crippen molar-refractivity contribution in [2.45, 2.75) is 19.8 Å². The smallest absolute Gasteiger partial charge is 0.308 e. The van der Waals surface area contributed by atoms with Crippen molar-refractivity contribution in [3.05, 3.63) is 23.8 Å². The van der Waals surface area contributed by atoms with Crippen LogP contribution in [0.2, 0.25) is 0 Å². The minimum absolute atomic E-state index is 0.0517. The van der Waals surface area contributed by atoms with Crippen LogP contribution in [0.1, 0.15) is 18.9 Å². The molecular weight excluding hydrogens is 224 g/mol. The minimum Gasteiger partial charge on any atom is -0.493 e. The Morgan fingerprint density at radius 3 is 2.53 bits per heavy atom. The van der Waals surface area contributed by atoms with E-state index in [4.69, 9.17) is 14.6 Å². The number of aliphatic carboxylic acids is 1. The second-order valence-corrected chi connectivity index (χ2v) is 3.47. The van der Waals surface area contributed by atoms with Gasteiger partial charge in [-0.05, 0) is 24.1 Å². The summed E-state index contributed by atoms with van der Waals surface area (Å²) in [4.78, 5) is 21.3. The Morgan fingerprint density at radius 1 is 1.29 bits per heavy atom. The van der Waals surface area contributed by atoms with E-state index in [2.05, 4.69) is 0 Å². The summed E-state index contributed by atoms with van der Waals surface area (Å²) in [7, 11) is 1.46. The normalized spacial score (nSPS) is 9.76. The summed E-state index contributed by atoms with van der Waals surface area (Å²) in [5, 5.41) is 8.57. The van der Waals surface area contributed by atoms with Crippen LogP contribution in [0.25, 0.3) is 0 Å². The Kier molecular flexibility index (Phi) is 4.51. The summed E-state index contributed by atoms with van der Waals surface area (Å²) in [5.74, 6) is -0.531. The number of carbonyl (C=O) groups is 2. The molecule has 0 saturated carbocycles. The monoisotopic (exact) mass is 238 g/mol. The zero-order valence-electron chi connectivity index (χ0n) is 9.73. The Labute approximate surface area is 99.0 Å². The summed E-state index contributed by atoms with van der Waals surface area (Å²) in [5.41, 5.74) is 0.820. The molecule has 0 fully saturated rings. The quantitative estimate of drug-likeness (QED) is 0.623. The first-order valence-corrected chi connectivity index (χ1v) is 5.10. The highest BCUT2D eigenvalue weighted by atomic mass is 16.6. The molecule has 0 radical (unpaired) electrons. The first-order valence-electron chi connectivity index (χ1n) is 5.10. The fourth-order valence-electron chi connectivity index (χ4n) is 1.36. The highest BCUT2D eigenvalue weighted by molar-refractivity contribution is 5.70. The van der Waals surface area contributed by atoms with Gasteiger partial charge in [0.25, 0.3) is 0 Å². The molecule has 1 aromatic rings. The van der Waals surface area contributed by atoms with Gasteiger partial charge in [0.05, 0.1) is 7.11 Å². The molecule has 0 aliphatic rings. The van der Waals surface area contributed by atoms with Crippen LogP contribution in [0.5, 0.6) is 11.5 Å². The van der Waals surface area contributed by atoms with Gasteiger partial charge in [0.1, 0.15) is 0 Å². The second kappa shape index (κ2) is 5.89. The van der Waals surface area contributed by atoms with E-state index in [0.29, 0.717) is 17.9 Å². The van der Waals surface area contributed by atoms with Gasteiger partial charge >= 0.3 is 11.9 Å². The average Bonchev–Trinajstić information content (AvgIpc) is 2.26. The van der Waals surface area contributed by atoms with Crippen LogP contribution < -0.4 is 9.47 Å². The van der Waals surface area contributed by atoms with Crippen LogP contribution >= 0.6 is 0 Å². The van der Waals surface area contributed by atoms with Crippen LogP contribution in [-0.2, 0) is 16.0 Å². The van der Waals surface area contributed by atoms with Crippen LogP contribution in [0.3, 0.4) is 0 Å². The lowest BCUT2D eigenvalue weighted by molar-refractivity contribution is -0.137. The van der Waals surface area contributed by atoms with E-state index in [-0.39, 0.29) is 6.42 Å². The number of benzene rings is 1. The number of hydrogen-bond donors (Lipinski definition) is 1. The van der Waals surface area contributed by atoms with Crippen LogP contribution in [0.15, 0.2) is 18.2 Å². The third-order valence-electron chi connectivity index (χ3n) is 2.11. The lowest BCUT2D eigenvalue weighted by Crippen LogP contribution is -2.04. The molecule has 1 aromatic carbocycles. The Hall–Kier alpha value is -2.04. The molecule has 0 amide bonds. The lowest BCUT2D eigenvalue weighted by Gasteiger charge is -2.09. The molecule has 0 spiro atoms. The van der Waals surface area contributed by atoms with Crippen molar-refractivity contribution in [3.63, 3.8) is 0 Å². The van der Waals surface area contributed by atoms with Gasteiger partial charge in [0.15, 0.2) is 11.5 Å². The summed E-state index contributed by atoms with van der Waals surface area (Å²) in [6.07, 6.45) is 0.460. The molecule has 0 aromatic heterocycles. The zero-order valence-corrected chi connectivity index (χ0v) is 9.73. The maximum atomic E-state index is 10.8. The van der Waals surface area contributed by atoms with Crippen LogP contribution in [-0.4, -0.2) is 24.2 Å². The molecule has 0 heterocycles. The van der Waals surface area contributed by atoms with Gasteiger partial charge in [-0.2, -0.15) is 0 Å². The molecule has 5 heteroatoms. The van der Waals surface area contributed by atoms with Crippen molar-refractivity contribution in [2.24, 2.45) is 0 Å². The SMILES string of the molecule is COc1cc(CCC(=O)O)ccc1OC(C)=O. The van der Waals surface area contributed by atoms with E-state index < -0.39 is 11.9 Å². The molecule has 0 unspecified atom stereocenters. The molecule has 0 aliphatic heterocycles. The number of esters is 1. The van der Waals surface area contributed by atoms with E-state index in [9.17, 15) is 9.59 Å². The molecule has 0 bridgehead atoms. The van der Waals surface area contributed by atoms with Gasteiger partial charge in [0, 0.05) is 13.3 Å². The third-order valence-corrected chi connectivity index (χ3v) is 2.11. The number of carbonyl (C=O) groups excluding carboxylic acids is 1. The Morgan fingerprint density at radius 2 is 2.00 bits per heavy atom. The second-order valence-electron chi connectivity index (χ2n) is 3.47. The topological polar surface area (TPSA) is 72.8 Å². The molecule has 17 heavy (non-hydrogen) atoms. The standard InChI is InChI=1S/C12H14O5/c1-8(13)17-10-5-3-9(4-6-12(14)15)7-11(10)16-2/h3,5,7H,4,6H2,1-2H3,(H,14,15). The van der Waals surface area contributed by atoms with Crippen LogP contribution in [0, 0.1) is 0 Å². The van der Waals surface area contributed by atoms with Gasteiger partial charge in [-0.3, -0.25) is 9.59 Å². The van der Waals surface area contributed by atoms with Crippen molar-refractivity contribution in [2.75, 3.05) is 7.11 Å². The maximum absolute atomic E-state index is 10.8. The highest BCUT2D eigenvalue weighted by Gasteiger charge is 2.08. The van der Waals surface area contributed by atoms with E-state index >= 15 is 0 Å². The van der Waals surface area contributed by atoms with Crippen LogP contribution in [0.4, 0.5) is 0 Å². The molecule has 0 aliphatic carbocycles. The number of carboxylic acid groups (broad SMARTS) is 1. The minimum atomic E-state index is -0.854. The average molecular weight is 238 g/mol. The molecule has 0 saturated heterocycles. The van der Waals surface area contributed by atoms with E-state index in [1.54, 1.807) is 18.2 Å². The molecule has 1 N–H and O–H groups in total. The van der Waals surface area contributed by atoms with Crippen molar-refractivity contribution in [1.29, 1.82) is 0 Å². The summed E-state index contributed by atoms with van der Waals surface area (Å²) in [6.45, 7) is 1.30. The summed E-state index contributed by atoms with van der Waals surface area (Å²) < 4.78 is 10.0. The van der Waals surface area contributed by atoms with E-state index in [0.717, 1.165) is 5.56 Å². The summed E-state index contributed by atoms with van der Waals surface area (Å²) in [6, 6.07) is 4.97. The van der Waals surface area contributed by atoms with Crippen molar-refractivity contribution < 1.29 is 24.2 Å². The van der Waals surface area contributed by atoms with Crippen molar-refractivity contribution in [3.8, 4) is 11.5 Å². The van der Waals surface area contributed by atoms with Crippen molar-refractivity contribution >= 4 is 11.9 Å². The number of aryl methyl sites for hydroxylation is 1. The molecule has 1 rings (SSSR count). The van der Waals surface area contributed by atoms with Gasteiger partial charge < -0.3 is 14.6 Å². The van der Waals surface area contributed by atoms with Gasteiger partial charge in [0.2, 0.25) is 0 Å². The number of ether oxygens (including phenoxy) is 2. The summed E-state index contributed by atoms with van der Waals surface area (Å²) >= 11 is 0. The van der Waals surface area contributed by atoms with Gasteiger partial charge in [-0.15, -0.1) is 0 Å². The molecule has 5 nitrogen and oxygen atoms in total. The highest BCUT2D eigenvalue weighted by Crippen LogP contribution is 2.28. The van der Waals surface area contributed by atoms with E-state index in [1.807, 2.05) is 0 Å². The first-order chi connectivity index (χ1) is 8.02. The van der Waals surface area contributed by atoms with Crippen molar-refractivity contribution in [1.82, 2.24) is 0 Å². The Bertz CT molecular complexity index is 425. The number of carboxylic acids is 1. The number of methoxy groups -OCH3 is 1. The van der Waals surface area contributed by atoms with E-state index in [1.165, 1.54) is 14.0 Å². The largest absolute Gasteiger partial charge is 0.493 e. The maximum Gasteiger partial charge on any atom is 0.308 e. The lowest BCUT2D eigenvalue weighted by atomic mass is 10.1. The predicted octanol–water partition coefficient (Wildman–Crippen LogP) is 1.64. The predicted molar refractivity (Wildman–Crippen MR) is 60.3 cm³/mol.